The number of carbonyl (C=O) groups excluding carboxylic acids is 3. The van der Waals surface area contributed by atoms with Crippen molar-refractivity contribution in [3.8, 4) is 0 Å². The number of amides is 2. The van der Waals surface area contributed by atoms with Crippen molar-refractivity contribution in [2.75, 3.05) is 36.4 Å². The van der Waals surface area contributed by atoms with Gasteiger partial charge in [-0.15, -0.1) is 0 Å². The number of piperazine rings is 1. The average molecular weight is 447 g/mol. The van der Waals surface area contributed by atoms with Gasteiger partial charge in [0.1, 0.15) is 0 Å². The lowest BCUT2D eigenvalue weighted by atomic mass is 9.82. The van der Waals surface area contributed by atoms with Crippen LogP contribution in [0, 0.1) is 18.8 Å². The van der Waals surface area contributed by atoms with E-state index in [4.69, 9.17) is 0 Å². The highest BCUT2D eigenvalue weighted by Crippen LogP contribution is 2.28. The average Bonchev–Trinajstić information content (AvgIpc) is 2.84. The van der Waals surface area contributed by atoms with Gasteiger partial charge < -0.3 is 25.0 Å². The smallest absolute Gasteiger partial charge is 0.256 e. The number of allylic oxidation sites excluding steroid dienone is 2. The quantitative estimate of drug-likeness (QED) is 0.711. The Labute approximate surface area is 193 Å². The van der Waals surface area contributed by atoms with E-state index in [1.165, 1.54) is 5.56 Å². The van der Waals surface area contributed by atoms with Gasteiger partial charge in [0.15, 0.2) is 0 Å². The predicted molar refractivity (Wildman–Crippen MR) is 125 cm³/mol. The van der Waals surface area contributed by atoms with Crippen LogP contribution < -0.4 is 15.3 Å². The number of carboxylic acid groups (broad SMARTS) is 1. The van der Waals surface area contributed by atoms with Crippen molar-refractivity contribution in [3.05, 3.63) is 71.8 Å². The molecule has 2 aliphatic rings. The van der Waals surface area contributed by atoms with Gasteiger partial charge in [0.2, 0.25) is 5.91 Å². The topological polar surface area (TPSA) is 92.8 Å². The normalized spacial score (nSPS) is 20.4. The minimum Gasteiger partial charge on any atom is -0.550 e. The van der Waals surface area contributed by atoms with Crippen LogP contribution in [0.2, 0.25) is 0 Å². The van der Waals surface area contributed by atoms with Crippen molar-refractivity contribution in [3.63, 3.8) is 0 Å². The fraction of sp³-hybridized carbons (Fsp3) is 0.346. The summed E-state index contributed by atoms with van der Waals surface area (Å²) in [5.74, 6) is -3.36. The zero-order valence-electron chi connectivity index (χ0n) is 18.7. The van der Waals surface area contributed by atoms with Crippen LogP contribution in [-0.4, -0.2) is 48.9 Å². The number of nitrogens with one attached hydrogen (secondary N) is 1. The minimum atomic E-state index is -1.23. The molecular weight excluding hydrogens is 418 g/mol. The van der Waals surface area contributed by atoms with Crippen molar-refractivity contribution in [1.29, 1.82) is 0 Å². The van der Waals surface area contributed by atoms with Crippen molar-refractivity contribution in [1.82, 2.24) is 4.90 Å². The third-order valence-electron chi connectivity index (χ3n) is 6.42. The van der Waals surface area contributed by atoms with E-state index >= 15 is 0 Å². The highest BCUT2D eigenvalue weighted by molar-refractivity contribution is 6.04. The second kappa shape index (κ2) is 9.90. The molecule has 1 fully saturated rings. The van der Waals surface area contributed by atoms with Gasteiger partial charge in [-0.3, -0.25) is 9.59 Å². The molecule has 1 aliphatic heterocycles. The largest absolute Gasteiger partial charge is 0.550 e. The number of aryl methyl sites for hydroxylation is 1. The third kappa shape index (κ3) is 5.08. The maximum Gasteiger partial charge on any atom is 0.256 e. The number of hydrogen-bond acceptors (Lipinski definition) is 5. The molecule has 0 bridgehead atoms. The number of benzene rings is 2. The van der Waals surface area contributed by atoms with Crippen LogP contribution in [-0.2, 0) is 9.59 Å². The van der Waals surface area contributed by atoms with Gasteiger partial charge in [0.05, 0.1) is 17.2 Å². The van der Waals surface area contributed by atoms with E-state index in [1.807, 2.05) is 12.1 Å². The molecule has 2 atom stereocenters. The Kier molecular flexibility index (Phi) is 6.77. The first-order chi connectivity index (χ1) is 15.9. The molecule has 2 aromatic carbocycles. The fourth-order valence-electron chi connectivity index (χ4n) is 4.53. The van der Waals surface area contributed by atoms with E-state index in [9.17, 15) is 19.5 Å². The molecule has 7 heteroatoms. The molecule has 1 heterocycles. The SMILES string of the molecule is Cc1cccc(N2CCN(C(=O)c3ccccc3NC(=O)C3CC=CCC3C(=O)[O-])CC2)c1. The third-order valence-corrected chi connectivity index (χ3v) is 6.42. The van der Waals surface area contributed by atoms with Gasteiger partial charge >= 0.3 is 0 Å². The lowest BCUT2D eigenvalue weighted by Gasteiger charge is -2.36. The molecule has 1 saturated heterocycles. The molecule has 1 aliphatic carbocycles. The van der Waals surface area contributed by atoms with Gasteiger partial charge in [0, 0.05) is 43.8 Å². The fourth-order valence-corrected chi connectivity index (χ4v) is 4.53. The molecular formula is C26H28N3O4-. The molecule has 33 heavy (non-hydrogen) atoms. The molecule has 0 spiro atoms. The van der Waals surface area contributed by atoms with Gasteiger partial charge in [0.25, 0.3) is 5.91 Å². The van der Waals surface area contributed by atoms with Crippen LogP contribution >= 0.6 is 0 Å². The second-order valence-corrected chi connectivity index (χ2v) is 8.63. The Balaban J connectivity index is 1.44. The van der Waals surface area contributed by atoms with Crippen LogP contribution in [0.15, 0.2) is 60.7 Å². The molecule has 2 amide bonds. The van der Waals surface area contributed by atoms with Crippen molar-refractivity contribution in [2.45, 2.75) is 19.8 Å². The molecule has 0 saturated carbocycles. The molecule has 172 valence electrons. The van der Waals surface area contributed by atoms with Crippen molar-refractivity contribution >= 4 is 29.2 Å². The lowest BCUT2D eigenvalue weighted by Crippen LogP contribution is -2.49. The van der Waals surface area contributed by atoms with Gasteiger partial charge in [-0.2, -0.15) is 0 Å². The monoisotopic (exact) mass is 446 g/mol. The number of carboxylic acids is 1. The van der Waals surface area contributed by atoms with E-state index in [0.717, 1.165) is 18.8 Å². The van der Waals surface area contributed by atoms with E-state index in [0.29, 0.717) is 30.8 Å². The number of nitrogens with zero attached hydrogens (tertiary/aromatic N) is 2. The molecule has 1 N–H and O–H groups in total. The first kappa shape index (κ1) is 22.6. The van der Waals surface area contributed by atoms with Crippen molar-refractivity contribution < 1.29 is 19.5 Å². The van der Waals surface area contributed by atoms with E-state index < -0.39 is 23.7 Å². The van der Waals surface area contributed by atoms with Crippen LogP contribution in [0.3, 0.4) is 0 Å². The maximum atomic E-state index is 13.3. The highest BCUT2D eigenvalue weighted by Gasteiger charge is 2.31. The zero-order chi connectivity index (χ0) is 23.4. The number of hydrogen-bond donors (Lipinski definition) is 1. The summed E-state index contributed by atoms with van der Waals surface area (Å²) in [6.45, 7) is 4.68. The van der Waals surface area contributed by atoms with E-state index in [-0.39, 0.29) is 12.3 Å². The predicted octanol–water partition coefficient (Wildman–Crippen LogP) is 2.23. The molecule has 7 nitrogen and oxygen atoms in total. The Hall–Kier alpha value is -3.61. The summed E-state index contributed by atoms with van der Waals surface area (Å²) in [5.41, 5.74) is 3.16. The molecule has 2 aromatic rings. The van der Waals surface area contributed by atoms with Gasteiger partial charge in [-0.05, 0) is 49.6 Å². The summed E-state index contributed by atoms with van der Waals surface area (Å²) in [4.78, 5) is 41.7. The first-order valence-electron chi connectivity index (χ1n) is 11.3. The van der Waals surface area contributed by atoms with Crippen LogP contribution in [0.25, 0.3) is 0 Å². The number of para-hydroxylation sites is 1. The Morgan fingerprint density at radius 2 is 1.61 bits per heavy atom. The second-order valence-electron chi connectivity index (χ2n) is 8.63. The van der Waals surface area contributed by atoms with Crippen LogP contribution in [0.1, 0.15) is 28.8 Å². The summed E-state index contributed by atoms with van der Waals surface area (Å²) >= 11 is 0. The summed E-state index contributed by atoms with van der Waals surface area (Å²) in [6.07, 6.45) is 4.18. The van der Waals surface area contributed by atoms with Gasteiger partial charge in [-0.25, -0.2) is 0 Å². The molecule has 0 radical (unpaired) electrons. The molecule has 0 aromatic heterocycles. The number of carbonyl (C=O) groups is 3. The van der Waals surface area contributed by atoms with E-state index in [2.05, 4.69) is 35.3 Å². The zero-order valence-corrected chi connectivity index (χ0v) is 18.7. The summed E-state index contributed by atoms with van der Waals surface area (Å²) < 4.78 is 0. The number of rotatable bonds is 5. The van der Waals surface area contributed by atoms with E-state index in [1.54, 1.807) is 35.2 Å². The lowest BCUT2D eigenvalue weighted by molar-refractivity contribution is -0.313. The first-order valence-corrected chi connectivity index (χ1v) is 11.3. The molecule has 4 rings (SSSR count). The maximum absolute atomic E-state index is 13.3. The summed E-state index contributed by atoms with van der Waals surface area (Å²) in [7, 11) is 0. The number of anilines is 2. The highest BCUT2D eigenvalue weighted by atomic mass is 16.4. The summed E-state index contributed by atoms with van der Waals surface area (Å²) in [5, 5.41) is 14.3. The Morgan fingerprint density at radius 1 is 0.909 bits per heavy atom. The molecule has 2 unspecified atom stereocenters. The Morgan fingerprint density at radius 3 is 2.30 bits per heavy atom. The van der Waals surface area contributed by atoms with Crippen LogP contribution in [0.5, 0.6) is 0 Å². The standard InChI is InChI=1S/C26H29N3O4/c1-18-7-6-8-19(17-18)28-13-15-29(16-14-28)25(31)22-11-4-5-12-23(22)27-24(30)20-9-2-3-10-21(20)26(32)33/h2-8,11-12,17,20-21H,9-10,13-16H2,1H3,(H,27,30)(H,32,33)/p-1. The van der Waals surface area contributed by atoms with Crippen molar-refractivity contribution in [2.24, 2.45) is 11.8 Å². The van der Waals surface area contributed by atoms with Gasteiger partial charge in [-0.1, -0.05) is 36.4 Å². The number of aliphatic carboxylic acids is 1. The minimum absolute atomic E-state index is 0.144. The van der Waals surface area contributed by atoms with Crippen LogP contribution in [0.4, 0.5) is 11.4 Å². The summed E-state index contributed by atoms with van der Waals surface area (Å²) in [6, 6.07) is 15.2. The Bertz CT molecular complexity index is 1070.